The normalized spacial score (nSPS) is 19.5. The lowest BCUT2D eigenvalue weighted by atomic mass is 9.48. The Balaban J connectivity index is 2.17. The van der Waals surface area contributed by atoms with Crippen molar-refractivity contribution >= 4 is 0 Å². The van der Waals surface area contributed by atoms with Gasteiger partial charge in [-0.2, -0.15) is 0 Å². The molecule has 1 nitrogen and oxygen atoms in total. The molecule has 0 heterocycles. The van der Waals surface area contributed by atoms with Gasteiger partial charge in [-0.15, -0.1) is 0 Å². The van der Waals surface area contributed by atoms with Crippen molar-refractivity contribution in [2.45, 2.75) is 77.6 Å². The first kappa shape index (κ1) is 16.5. The van der Waals surface area contributed by atoms with Crippen LogP contribution in [0.1, 0.15) is 83.3 Å². The number of rotatable bonds is 7. The van der Waals surface area contributed by atoms with Crippen LogP contribution in [0.4, 0.5) is 0 Å². The second kappa shape index (κ2) is 6.52. The lowest BCUT2D eigenvalue weighted by Crippen LogP contribution is -2.53. The maximum Gasteiger partial charge on any atom is 0.00861 e. The summed E-state index contributed by atoms with van der Waals surface area (Å²) in [4.78, 5) is 0. The summed E-state index contributed by atoms with van der Waals surface area (Å²) >= 11 is 0. The zero-order chi connectivity index (χ0) is 15.5. The fourth-order valence-corrected chi connectivity index (χ4v) is 4.61. The Labute approximate surface area is 131 Å². The van der Waals surface area contributed by atoms with Crippen LogP contribution < -0.4 is 5.73 Å². The lowest BCUT2D eigenvalue weighted by Gasteiger charge is -2.57. The van der Waals surface area contributed by atoms with Gasteiger partial charge in [-0.05, 0) is 48.1 Å². The Morgan fingerprint density at radius 2 is 1.52 bits per heavy atom. The fourth-order valence-electron chi connectivity index (χ4n) is 4.61. The summed E-state index contributed by atoms with van der Waals surface area (Å²) in [7, 11) is 0. The molecule has 2 rings (SSSR count). The van der Waals surface area contributed by atoms with E-state index in [0.29, 0.717) is 11.3 Å². The first-order chi connectivity index (χ1) is 10.0. The minimum atomic E-state index is 0.250. The Morgan fingerprint density at radius 1 is 1.00 bits per heavy atom. The molecule has 1 aromatic rings. The summed E-state index contributed by atoms with van der Waals surface area (Å²) in [6.45, 7) is 9.94. The van der Waals surface area contributed by atoms with Gasteiger partial charge in [0.25, 0.3) is 0 Å². The molecule has 0 spiro atoms. The average molecular weight is 287 g/mol. The van der Waals surface area contributed by atoms with Crippen LogP contribution in [0, 0.1) is 5.41 Å². The Morgan fingerprint density at radius 3 is 1.90 bits per heavy atom. The van der Waals surface area contributed by atoms with Crippen LogP contribution in [-0.2, 0) is 5.41 Å². The van der Waals surface area contributed by atoms with Crippen molar-refractivity contribution in [3.05, 3.63) is 35.4 Å². The van der Waals surface area contributed by atoms with Crippen LogP contribution >= 0.6 is 0 Å². The Bertz CT molecular complexity index is 429. The van der Waals surface area contributed by atoms with Gasteiger partial charge >= 0.3 is 0 Å². The van der Waals surface area contributed by atoms with E-state index in [1.807, 2.05) is 0 Å². The van der Waals surface area contributed by atoms with Crippen LogP contribution in [0.2, 0.25) is 0 Å². The summed E-state index contributed by atoms with van der Waals surface area (Å²) in [5, 5.41) is 0. The highest BCUT2D eigenvalue weighted by molar-refractivity contribution is 5.34. The van der Waals surface area contributed by atoms with E-state index in [-0.39, 0.29) is 5.41 Å². The van der Waals surface area contributed by atoms with Gasteiger partial charge in [0.05, 0.1) is 0 Å². The molecule has 0 unspecified atom stereocenters. The first-order valence-electron chi connectivity index (χ1n) is 8.81. The first-order valence-corrected chi connectivity index (χ1v) is 8.81. The van der Waals surface area contributed by atoms with E-state index >= 15 is 0 Å². The molecule has 118 valence electrons. The Kier molecular flexibility index (Phi) is 5.14. The van der Waals surface area contributed by atoms with E-state index in [1.165, 1.54) is 49.7 Å². The zero-order valence-corrected chi connectivity index (χ0v) is 14.4. The second-order valence-electron chi connectivity index (χ2n) is 7.61. The molecule has 1 aromatic carbocycles. The molecule has 21 heavy (non-hydrogen) atoms. The lowest BCUT2D eigenvalue weighted by molar-refractivity contribution is 0.00783. The van der Waals surface area contributed by atoms with Crippen molar-refractivity contribution in [2.24, 2.45) is 11.1 Å². The number of benzene rings is 1. The van der Waals surface area contributed by atoms with Gasteiger partial charge in [0.1, 0.15) is 0 Å². The highest BCUT2D eigenvalue weighted by Gasteiger charge is 2.53. The van der Waals surface area contributed by atoms with Crippen LogP contribution in [0.5, 0.6) is 0 Å². The molecule has 2 N–H and O–H groups in total. The molecule has 0 aliphatic heterocycles. The smallest absolute Gasteiger partial charge is 0.00861 e. The standard InChI is InChI=1S/C20H33N/c1-5-11-19(12-6-2)13-20(14-19,15-21)18-9-7-17(8-10-18)16(3)4/h7-10,16H,5-6,11-15,21H2,1-4H3. The largest absolute Gasteiger partial charge is 0.330 e. The summed E-state index contributed by atoms with van der Waals surface area (Å²) in [5.74, 6) is 0.605. The van der Waals surface area contributed by atoms with Crippen molar-refractivity contribution in [1.29, 1.82) is 0 Å². The summed E-state index contributed by atoms with van der Waals surface area (Å²) < 4.78 is 0. The predicted molar refractivity (Wildman–Crippen MR) is 92.7 cm³/mol. The van der Waals surface area contributed by atoms with Gasteiger partial charge in [-0.1, -0.05) is 64.8 Å². The van der Waals surface area contributed by atoms with Crippen molar-refractivity contribution < 1.29 is 0 Å². The van der Waals surface area contributed by atoms with E-state index in [0.717, 1.165) is 6.54 Å². The van der Waals surface area contributed by atoms with E-state index in [1.54, 1.807) is 0 Å². The zero-order valence-electron chi connectivity index (χ0n) is 14.4. The monoisotopic (exact) mass is 287 g/mol. The van der Waals surface area contributed by atoms with Gasteiger partial charge in [-0.3, -0.25) is 0 Å². The highest BCUT2D eigenvalue weighted by atomic mass is 14.7. The van der Waals surface area contributed by atoms with Crippen LogP contribution in [-0.4, -0.2) is 6.54 Å². The summed E-state index contributed by atoms with van der Waals surface area (Å²) in [5.41, 5.74) is 9.93. The molecule has 1 heteroatoms. The Hall–Kier alpha value is -0.820. The highest BCUT2D eigenvalue weighted by Crippen LogP contribution is 2.59. The summed E-state index contributed by atoms with van der Waals surface area (Å²) in [6.07, 6.45) is 7.91. The number of nitrogens with two attached hydrogens (primary N) is 1. The quantitative estimate of drug-likeness (QED) is 0.715. The molecular formula is C20H33N. The van der Waals surface area contributed by atoms with Crippen molar-refractivity contribution in [3.63, 3.8) is 0 Å². The third-order valence-electron chi connectivity index (χ3n) is 5.57. The van der Waals surface area contributed by atoms with Gasteiger partial charge < -0.3 is 5.73 Å². The molecule has 1 fully saturated rings. The minimum absolute atomic E-state index is 0.250. The molecule has 0 saturated heterocycles. The maximum atomic E-state index is 6.21. The van der Waals surface area contributed by atoms with E-state index in [4.69, 9.17) is 5.73 Å². The average Bonchev–Trinajstić information content (AvgIpc) is 2.44. The van der Waals surface area contributed by atoms with Crippen molar-refractivity contribution in [3.8, 4) is 0 Å². The van der Waals surface area contributed by atoms with Gasteiger partial charge in [0, 0.05) is 12.0 Å². The third kappa shape index (κ3) is 3.18. The molecule has 0 aromatic heterocycles. The summed E-state index contributed by atoms with van der Waals surface area (Å²) in [6, 6.07) is 9.28. The molecule has 1 aliphatic rings. The van der Waals surface area contributed by atoms with E-state index in [2.05, 4.69) is 52.0 Å². The topological polar surface area (TPSA) is 26.0 Å². The number of hydrogen-bond donors (Lipinski definition) is 1. The molecule has 1 aliphatic carbocycles. The van der Waals surface area contributed by atoms with Gasteiger partial charge in [0.15, 0.2) is 0 Å². The van der Waals surface area contributed by atoms with Gasteiger partial charge in [0.2, 0.25) is 0 Å². The number of hydrogen-bond acceptors (Lipinski definition) is 1. The van der Waals surface area contributed by atoms with Crippen molar-refractivity contribution in [1.82, 2.24) is 0 Å². The molecule has 1 saturated carbocycles. The fraction of sp³-hybridized carbons (Fsp3) is 0.700. The molecule has 0 radical (unpaired) electrons. The minimum Gasteiger partial charge on any atom is -0.330 e. The molecule has 0 amide bonds. The molecule has 0 bridgehead atoms. The molecule has 0 atom stereocenters. The van der Waals surface area contributed by atoms with Crippen LogP contribution in [0.3, 0.4) is 0 Å². The SMILES string of the molecule is CCCC1(CCC)CC(CN)(c2ccc(C(C)C)cc2)C1. The van der Waals surface area contributed by atoms with E-state index < -0.39 is 0 Å². The maximum absolute atomic E-state index is 6.21. The van der Waals surface area contributed by atoms with Crippen LogP contribution in [0.25, 0.3) is 0 Å². The van der Waals surface area contributed by atoms with Crippen molar-refractivity contribution in [2.75, 3.05) is 6.54 Å². The van der Waals surface area contributed by atoms with Crippen LogP contribution in [0.15, 0.2) is 24.3 Å². The third-order valence-corrected chi connectivity index (χ3v) is 5.57. The predicted octanol–water partition coefficient (Wildman–Crippen LogP) is 5.39. The van der Waals surface area contributed by atoms with Gasteiger partial charge in [-0.25, -0.2) is 0 Å². The van der Waals surface area contributed by atoms with E-state index in [9.17, 15) is 0 Å². The second-order valence-corrected chi connectivity index (χ2v) is 7.61. The molecular weight excluding hydrogens is 254 g/mol.